The summed E-state index contributed by atoms with van der Waals surface area (Å²) in [6, 6.07) is 10.3. The van der Waals surface area contributed by atoms with E-state index in [9.17, 15) is 5.11 Å². The van der Waals surface area contributed by atoms with Crippen LogP contribution in [0, 0.1) is 23.2 Å². The minimum atomic E-state index is -0.0549. The molecule has 1 aliphatic carbocycles. The van der Waals surface area contributed by atoms with Crippen LogP contribution in [0.2, 0.25) is 0 Å². The van der Waals surface area contributed by atoms with Crippen LogP contribution >= 0.6 is 0 Å². The van der Waals surface area contributed by atoms with Gasteiger partial charge in [0.2, 0.25) is 0 Å². The summed E-state index contributed by atoms with van der Waals surface area (Å²) < 4.78 is 6.02. The van der Waals surface area contributed by atoms with Crippen LogP contribution in [0.25, 0.3) is 0 Å². The summed E-state index contributed by atoms with van der Waals surface area (Å²) in [5.41, 5.74) is 1.15. The zero-order valence-electron chi connectivity index (χ0n) is 13.7. The van der Waals surface area contributed by atoms with E-state index < -0.39 is 0 Å². The predicted molar refractivity (Wildman–Crippen MR) is 87.0 cm³/mol. The molecule has 1 aliphatic rings. The monoisotopic (exact) mass is 290 g/mol. The van der Waals surface area contributed by atoms with Gasteiger partial charge in [-0.3, -0.25) is 0 Å². The average Bonchev–Trinajstić information content (AvgIpc) is 2.48. The predicted octanol–water partition coefficient (Wildman–Crippen LogP) is 4.27. The lowest BCUT2D eigenvalue weighted by molar-refractivity contribution is -0.0834. The summed E-state index contributed by atoms with van der Waals surface area (Å²) >= 11 is 0. The van der Waals surface area contributed by atoms with Crippen LogP contribution in [-0.2, 0) is 11.3 Å². The summed E-state index contributed by atoms with van der Waals surface area (Å²) in [5, 5.41) is 10.1. The van der Waals surface area contributed by atoms with Crippen molar-refractivity contribution < 1.29 is 9.84 Å². The van der Waals surface area contributed by atoms with Crippen molar-refractivity contribution >= 4 is 0 Å². The van der Waals surface area contributed by atoms with Crippen molar-refractivity contribution in [2.75, 3.05) is 13.2 Å². The molecule has 0 bridgehead atoms. The normalized spacial score (nSPS) is 29.8. The van der Waals surface area contributed by atoms with E-state index in [-0.39, 0.29) is 12.0 Å². The number of rotatable bonds is 6. The van der Waals surface area contributed by atoms with E-state index in [0.29, 0.717) is 31.0 Å². The molecular weight excluding hydrogens is 260 g/mol. The van der Waals surface area contributed by atoms with Gasteiger partial charge in [0.1, 0.15) is 0 Å². The third-order valence-corrected chi connectivity index (χ3v) is 5.13. The fourth-order valence-electron chi connectivity index (χ4n) is 4.10. The molecule has 1 unspecified atom stereocenters. The summed E-state index contributed by atoms with van der Waals surface area (Å²) in [6.07, 6.45) is 3.58. The van der Waals surface area contributed by atoms with Gasteiger partial charge in [-0.1, -0.05) is 57.5 Å². The fourth-order valence-corrected chi connectivity index (χ4v) is 4.10. The maximum Gasteiger partial charge on any atom is 0.0717 e. The van der Waals surface area contributed by atoms with E-state index in [2.05, 4.69) is 32.9 Å². The molecule has 2 nitrogen and oxygen atoms in total. The molecule has 0 radical (unpaired) electrons. The van der Waals surface area contributed by atoms with Crippen molar-refractivity contribution in [2.24, 2.45) is 23.2 Å². The van der Waals surface area contributed by atoms with E-state index in [1.807, 2.05) is 18.2 Å². The highest BCUT2D eigenvalue weighted by Crippen LogP contribution is 2.47. The molecule has 1 saturated carbocycles. The Morgan fingerprint density at radius 2 is 1.95 bits per heavy atom. The van der Waals surface area contributed by atoms with Gasteiger partial charge >= 0.3 is 0 Å². The van der Waals surface area contributed by atoms with Gasteiger partial charge in [-0.15, -0.1) is 0 Å². The quantitative estimate of drug-likeness (QED) is 0.847. The number of hydrogen-bond donors (Lipinski definition) is 1. The van der Waals surface area contributed by atoms with Crippen molar-refractivity contribution in [3.8, 4) is 0 Å². The fraction of sp³-hybridized carbons (Fsp3) is 0.684. The number of aliphatic hydroxyl groups is 1. The first-order chi connectivity index (χ1) is 10.1. The zero-order chi connectivity index (χ0) is 15.3. The van der Waals surface area contributed by atoms with Gasteiger partial charge in [-0.25, -0.2) is 0 Å². The molecule has 1 N–H and O–H groups in total. The first kappa shape index (κ1) is 16.5. The van der Waals surface area contributed by atoms with Gasteiger partial charge in [-0.2, -0.15) is 0 Å². The highest BCUT2D eigenvalue weighted by Gasteiger charge is 2.44. The minimum Gasteiger partial charge on any atom is -0.396 e. The van der Waals surface area contributed by atoms with Crippen LogP contribution < -0.4 is 0 Å². The molecule has 1 aromatic carbocycles. The largest absolute Gasteiger partial charge is 0.396 e. The van der Waals surface area contributed by atoms with Gasteiger partial charge in [-0.05, 0) is 36.2 Å². The molecule has 0 saturated heterocycles. The molecular formula is C19H30O2. The SMILES string of the molecule is CC(C)[C@@H]1CC[C@@H](C)CC1(CO)COCc1ccccc1. The topological polar surface area (TPSA) is 29.5 Å². The number of benzene rings is 1. The Morgan fingerprint density at radius 3 is 2.57 bits per heavy atom. The molecule has 2 rings (SSSR count). The van der Waals surface area contributed by atoms with Crippen LogP contribution in [-0.4, -0.2) is 18.3 Å². The first-order valence-electron chi connectivity index (χ1n) is 8.30. The number of aliphatic hydroxyl groups excluding tert-OH is 1. The zero-order valence-corrected chi connectivity index (χ0v) is 13.7. The lowest BCUT2D eigenvalue weighted by atomic mass is 9.60. The van der Waals surface area contributed by atoms with Crippen LogP contribution in [0.15, 0.2) is 30.3 Å². The van der Waals surface area contributed by atoms with E-state index >= 15 is 0 Å². The Morgan fingerprint density at radius 1 is 1.24 bits per heavy atom. The van der Waals surface area contributed by atoms with Gasteiger partial charge in [0.05, 0.1) is 19.8 Å². The second-order valence-corrected chi connectivity index (χ2v) is 7.24. The maximum absolute atomic E-state index is 10.1. The molecule has 21 heavy (non-hydrogen) atoms. The van der Waals surface area contributed by atoms with Crippen molar-refractivity contribution in [3.63, 3.8) is 0 Å². The maximum atomic E-state index is 10.1. The minimum absolute atomic E-state index is 0.0549. The summed E-state index contributed by atoms with van der Waals surface area (Å²) in [5.74, 6) is 1.85. The lowest BCUT2D eigenvalue weighted by Crippen LogP contribution is -2.45. The smallest absolute Gasteiger partial charge is 0.0717 e. The highest BCUT2D eigenvalue weighted by molar-refractivity contribution is 5.13. The second kappa shape index (κ2) is 7.42. The molecule has 1 aromatic rings. The second-order valence-electron chi connectivity index (χ2n) is 7.24. The third kappa shape index (κ3) is 4.08. The molecule has 0 spiro atoms. The molecule has 0 heterocycles. The van der Waals surface area contributed by atoms with Crippen molar-refractivity contribution in [1.82, 2.24) is 0 Å². The molecule has 118 valence electrons. The van der Waals surface area contributed by atoms with Crippen LogP contribution in [0.1, 0.15) is 45.6 Å². The first-order valence-corrected chi connectivity index (χ1v) is 8.30. The van der Waals surface area contributed by atoms with Gasteiger partial charge in [0.25, 0.3) is 0 Å². The van der Waals surface area contributed by atoms with Gasteiger partial charge < -0.3 is 9.84 Å². The van der Waals surface area contributed by atoms with Gasteiger partial charge in [0, 0.05) is 5.41 Å². The highest BCUT2D eigenvalue weighted by atomic mass is 16.5. The number of ether oxygens (including phenoxy) is 1. The van der Waals surface area contributed by atoms with E-state index in [1.165, 1.54) is 18.4 Å². The Bertz CT molecular complexity index is 415. The summed E-state index contributed by atoms with van der Waals surface area (Å²) in [7, 11) is 0. The molecule has 2 heteroatoms. The van der Waals surface area contributed by atoms with Gasteiger partial charge in [0.15, 0.2) is 0 Å². The van der Waals surface area contributed by atoms with Crippen molar-refractivity contribution in [3.05, 3.63) is 35.9 Å². The molecule has 0 aliphatic heterocycles. The summed E-state index contributed by atoms with van der Waals surface area (Å²) in [4.78, 5) is 0. The lowest BCUT2D eigenvalue weighted by Gasteiger charge is -2.47. The molecule has 1 fully saturated rings. The molecule has 0 amide bonds. The Kier molecular flexibility index (Phi) is 5.83. The third-order valence-electron chi connectivity index (χ3n) is 5.13. The Balaban J connectivity index is 2.00. The van der Waals surface area contributed by atoms with E-state index in [1.54, 1.807) is 0 Å². The Labute approximate surface area is 129 Å². The number of hydrogen-bond acceptors (Lipinski definition) is 2. The van der Waals surface area contributed by atoms with Crippen molar-refractivity contribution in [2.45, 2.75) is 46.6 Å². The molecule has 0 aromatic heterocycles. The average molecular weight is 290 g/mol. The summed E-state index contributed by atoms with van der Waals surface area (Å²) in [6.45, 7) is 8.42. The van der Waals surface area contributed by atoms with Crippen molar-refractivity contribution in [1.29, 1.82) is 0 Å². The van der Waals surface area contributed by atoms with Crippen LogP contribution in [0.3, 0.4) is 0 Å². The van der Waals surface area contributed by atoms with E-state index in [0.717, 1.165) is 6.42 Å². The molecule has 3 atom stereocenters. The van der Waals surface area contributed by atoms with Crippen LogP contribution in [0.5, 0.6) is 0 Å². The standard InChI is InChI=1S/C19H30O2/c1-15(2)18-10-9-16(3)11-19(18,13-20)14-21-12-17-7-5-4-6-8-17/h4-8,15-16,18,20H,9-14H2,1-3H3/t16-,18+,19?/m1/s1. The van der Waals surface area contributed by atoms with Crippen LogP contribution in [0.4, 0.5) is 0 Å². The Hall–Kier alpha value is -0.860. The van der Waals surface area contributed by atoms with E-state index in [4.69, 9.17) is 4.74 Å².